The van der Waals surface area contributed by atoms with Gasteiger partial charge in [0.15, 0.2) is 0 Å². The highest BCUT2D eigenvalue weighted by atomic mass is 16.5. The predicted octanol–water partition coefficient (Wildman–Crippen LogP) is 11.1. The van der Waals surface area contributed by atoms with Gasteiger partial charge in [-0.3, -0.25) is 4.57 Å². The van der Waals surface area contributed by atoms with Crippen LogP contribution in [0.15, 0.2) is 103 Å². The highest BCUT2D eigenvalue weighted by Crippen LogP contribution is 2.38. The summed E-state index contributed by atoms with van der Waals surface area (Å²) < 4.78 is 8.86. The number of fused-ring (bicyclic) bond motifs is 3. The Balaban J connectivity index is 1.18. The molecule has 5 heteroatoms. The van der Waals surface area contributed by atoms with E-state index in [-0.39, 0.29) is 16.2 Å². The Bertz CT molecular complexity index is 2120. The molecule has 0 saturated carbocycles. The molecule has 0 atom stereocenters. The van der Waals surface area contributed by atoms with Crippen LogP contribution in [0.25, 0.3) is 27.6 Å². The predicted molar refractivity (Wildman–Crippen MR) is 207 cm³/mol. The fourth-order valence-corrected chi connectivity index (χ4v) is 6.82. The van der Waals surface area contributed by atoms with Gasteiger partial charge in [-0.05, 0) is 87.5 Å². The van der Waals surface area contributed by atoms with Gasteiger partial charge in [0.25, 0.3) is 0 Å². The highest BCUT2D eigenvalue weighted by molar-refractivity contribution is 6.09. The molecule has 252 valence electrons. The van der Waals surface area contributed by atoms with Gasteiger partial charge in [0, 0.05) is 53.6 Å². The maximum Gasteiger partial charge on any atom is 0.137 e. The SMILES string of the molecule is CC(C)(C)c1cc(N2CCN(c3cccc(Oc4ccc5c6ccccc6n(-c6cc(C(C)(C)C)ccn6)c5c4)c3)C2)cc(C(C)(C)C)c1. The molecular formula is C44H50N4O. The number of hydrogen-bond donors (Lipinski definition) is 0. The zero-order chi connectivity index (χ0) is 34.7. The second kappa shape index (κ2) is 12.0. The minimum absolute atomic E-state index is 0.0218. The Morgan fingerprint density at radius 3 is 1.86 bits per heavy atom. The molecule has 0 spiro atoms. The zero-order valence-corrected chi connectivity index (χ0v) is 30.6. The van der Waals surface area contributed by atoms with Gasteiger partial charge in [-0.2, -0.15) is 0 Å². The molecule has 6 aromatic rings. The average Bonchev–Trinajstić information content (AvgIpc) is 3.67. The van der Waals surface area contributed by atoms with E-state index in [1.54, 1.807) is 0 Å². The minimum atomic E-state index is 0.0218. The van der Waals surface area contributed by atoms with Gasteiger partial charge in [0.05, 0.1) is 17.7 Å². The molecule has 5 nitrogen and oxygen atoms in total. The molecule has 0 aliphatic carbocycles. The van der Waals surface area contributed by atoms with Crippen molar-refractivity contribution in [1.82, 2.24) is 9.55 Å². The summed E-state index contributed by atoms with van der Waals surface area (Å²) >= 11 is 0. The van der Waals surface area contributed by atoms with Crippen molar-refractivity contribution < 1.29 is 4.74 Å². The number of benzene rings is 4. The number of para-hydroxylation sites is 1. The molecule has 0 amide bonds. The molecule has 1 fully saturated rings. The Labute approximate surface area is 292 Å². The molecule has 7 rings (SSSR count). The lowest BCUT2D eigenvalue weighted by molar-refractivity contribution is 0.483. The first-order chi connectivity index (χ1) is 23.1. The van der Waals surface area contributed by atoms with Crippen LogP contribution in [0.1, 0.15) is 79.0 Å². The molecule has 4 aromatic carbocycles. The summed E-state index contributed by atoms with van der Waals surface area (Å²) in [5.41, 5.74) is 8.91. The number of hydrogen-bond acceptors (Lipinski definition) is 4. The van der Waals surface area contributed by atoms with E-state index in [2.05, 4.69) is 168 Å². The molecule has 49 heavy (non-hydrogen) atoms. The number of ether oxygens (including phenoxy) is 1. The summed E-state index contributed by atoms with van der Waals surface area (Å²) in [6.07, 6.45) is 1.92. The fraction of sp³-hybridized carbons (Fsp3) is 0.341. The van der Waals surface area contributed by atoms with Crippen LogP contribution in [0, 0.1) is 0 Å². The topological polar surface area (TPSA) is 33.5 Å². The van der Waals surface area contributed by atoms with Crippen LogP contribution in [-0.4, -0.2) is 29.3 Å². The second-order valence-corrected chi connectivity index (χ2v) is 16.7. The van der Waals surface area contributed by atoms with Gasteiger partial charge in [0.1, 0.15) is 17.3 Å². The lowest BCUT2D eigenvalue weighted by Crippen LogP contribution is -2.26. The van der Waals surface area contributed by atoms with Crippen molar-refractivity contribution >= 4 is 33.2 Å². The summed E-state index contributed by atoms with van der Waals surface area (Å²) in [6.45, 7) is 23.3. The third kappa shape index (κ3) is 6.51. The minimum Gasteiger partial charge on any atom is -0.457 e. The first-order valence-electron chi connectivity index (χ1n) is 17.6. The van der Waals surface area contributed by atoms with E-state index >= 15 is 0 Å². The van der Waals surface area contributed by atoms with Crippen LogP contribution >= 0.6 is 0 Å². The normalized spacial score (nSPS) is 14.3. The molecule has 1 saturated heterocycles. The van der Waals surface area contributed by atoms with Crippen molar-refractivity contribution in [3.63, 3.8) is 0 Å². The smallest absolute Gasteiger partial charge is 0.137 e. The van der Waals surface area contributed by atoms with Gasteiger partial charge in [-0.1, -0.05) is 92.6 Å². The molecule has 3 heterocycles. The molecule has 1 aliphatic heterocycles. The molecule has 0 N–H and O–H groups in total. The van der Waals surface area contributed by atoms with E-state index in [1.165, 1.54) is 38.8 Å². The van der Waals surface area contributed by atoms with Gasteiger partial charge in [0.2, 0.25) is 0 Å². The third-order valence-corrected chi connectivity index (χ3v) is 9.90. The second-order valence-electron chi connectivity index (χ2n) is 16.7. The number of rotatable bonds is 5. The summed E-state index contributed by atoms with van der Waals surface area (Å²) in [7, 11) is 0. The third-order valence-electron chi connectivity index (χ3n) is 9.90. The Hall–Kier alpha value is -4.77. The van der Waals surface area contributed by atoms with Crippen molar-refractivity contribution in [2.45, 2.75) is 78.6 Å². The number of anilines is 2. The van der Waals surface area contributed by atoms with Gasteiger partial charge in [-0.15, -0.1) is 0 Å². The standard InChI is InChI=1S/C44H50N4O/c1-42(2,3)30-19-20-45-41(26-30)48-39-16-11-10-15-37(39)38-18-17-36(28-40(38)48)49-35-14-12-13-33(27-35)46-21-22-47(29-46)34-24-31(43(4,5)6)23-32(25-34)44(7,8)9/h10-20,23-28H,21-22,29H2,1-9H3. The largest absolute Gasteiger partial charge is 0.457 e. The Morgan fingerprint density at radius 2 is 1.16 bits per heavy atom. The maximum absolute atomic E-state index is 6.60. The van der Waals surface area contributed by atoms with Crippen LogP contribution in [0.3, 0.4) is 0 Å². The van der Waals surface area contributed by atoms with Crippen molar-refractivity contribution in [1.29, 1.82) is 0 Å². The summed E-state index contributed by atoms with van der Waals surface area (Å²) in [6, 6.07) is 35.0. The molecular weight excluding hydrogens is 601 g/mol. The highest BCUT2D eigenvalue weighted by Gasteiger charge is 2.26. The van der Waals surface area contributed by atoms with Crippen LogP contribution in [0.4, 0.5) is 11.4 Å². The van der Waals surface area contributed by atoms with Crippen molar-refractivity contribution in [2.75, 3.05) is 29.6 Å². The summed E-state index contributed by atoms with van der Waals surface area (Å²) in [5, 5.41) is 2.39. The first-order valence-corrected chi connectivity index (χ1v) is 17.6. The molecule has 0 bridgehead atoms. The number of pyridine rings is 1. The lowest BCUT2D eigenvalue weighted by Gasteiger charge is -2.29. The lowest BCUT2D eigenvalue weighted by atomic mass is 9.80. The monoisotopic (exact) mass is 650 g/mol. The van der Waals surface area contributed by atoms with Crippen molar-refractivity contribution in [3.05, 3.63) is 120 Å². The van der Waals surface area contributed by atoms with Gasteiger partial charge >= 0.3 is 0 Å². The zero-order valence-electron chi connectivity index (χ0n) is 30.6. The summed E-state index contributed by atoms with van der Waals surface area (Å²) in [4.78, 5) is 9.79. The quantitative estimate of drug-likeness (QED) is 0.186. The molecule has 2 aromatic heterocycles. The van der Waals surface area contributed by atoms with Crippen LogP contribution in [0.5, 0.6) is 11.5 Å². The van der Waals surface area contributed by atoms with Crippen LogP contribution in [0.2, 0.25) is 0 Å². The average molecular weight is 651 g/mol. The molecule has 0 radical (unpaired) electrons. The van der Waals surface area contributed by atoms with Crippen molar-refractivity contribution in [2.24, 2.45) is 0 Å². The van der Waals surface area contributed by atoms with E-state index in [1.807, 2.05) is 12.3 Å². The van der Waals surface area contributed by atoms with E-state index < -0.39 is 0 Å². The van der Waals surface area contributed by atoms with Crippen LogP contribution in [-0.2, 0) is 16.2 Å². The molecule has 0 unspecified atom stereocenters. The Kier molecular flexibility index (Phi) is 8.01. The van der Waals surface area contributed by atoms with E-state index in [4.69, 9.17) is 9.72 Å². The Morgan fingerprint density at radius 1 is 0.531 bits per heavy atom. The first kappa shape index (κ1) is 32.8. The van der Waals surface area contributed by atoms with E-state index in [0.29, 0.717) is 0 Å². The van der Waals surface area contributed by atoms with Crippen LogP contribution < -0.4 is 14.5 Å². The van der Waals surface area contributed by atoms with Gasteiger partial charge in [-0.25, -0.2) is 4.98 Å². The summed E-state index contributed by atoms with van der Waals surface area (Å²) in [5.74, 6) is 2.55. The number of nitrogens with zero attached hydrogens (tertiary/aromatic N) is 4. The molecule has 1 aliphatic rings. The van der Waals surface area contributed by atoms with E-state index in [9.17, 15) is 0 Å². The number of aromatic nitrogens is 2. The fourth-order valence-electron chi connectivity index (χ4n) is 6.82. The van der Waals surface area contributed by atoms with Gasteiger partial charge < -0.3 is 14.5 Å². The maximum atomic E-state index is 6.60. The van der Waals surface area contributed by atoms with E-state index in [0.717, 1.165) is 48.1 Å². The van der Waals surface area contributed by atoms with Crippen molar-refractivity contribution in [3.8, 4) is 17.3 Å².